The average molecular weight is 381 g/mol. The number of halogens is 2. The van der Waals surface area contributed by atoms with E-state index in [0.717, 1.165) is 11.1 Å². The number of carbonyl (C=O) groups is 2. The summed E-state index contributed by atoms with van der Waals surface area (Å²) in [7, 11) is 1.48. The van der Waals surface area contributed by atoms with Gasteiger partial charge in [-0.2, -0.15) is 0 Å². The number of nitrogens with one attached hydrogen (secondary N) is 2. The summed E-state index contributed by atoms with van der Waals surface area (Å²) >= 11 is 11.9. The molecule has 0 unspecified atom stereocenters. The molecule has 0 aliphatic rings. The Morgan fingerprint density at radius 2 is 1.60 bits per heavy atom. The van der Waals surface area contributed by atoms with Crippen LogP contribution in [0.3, 0.4) is 0 Å². The quantitative estimate of drug-likeness (QED) is 0.745. The molecule has 2 N–H and O–H groups in total. The molecule has 7 heteroatoms. The number of carbonyl (C=O) groups excluding carboxylic acids is 2. The molecule has 0 aliphatic heterocycles. The fourth-order valence-corrected chi connectivity index (χ4v) is 2.61. The third-order valence-electron chi connectivity index (χ3n) is 3.54. The highest BCUT2D eigenvalue weighted by Gasteiger charge is 2.14. The van der Waals surface area contributed by atoms with Gasteiger partial charge in [-0.05, 0) is 49.2 Å². The zero-order chi connectivity index (χ0) is 18.6. The molecule has 132 valence electrons. The molecular formula is C18H18Cl2N2O3. The van der Waals surface area contributed by atoms with Crippen molar-refractivity contribution < 1.29 is 14.3 Å². The Labute approximate surface area is 156 Å². The van der Waals surface area contributed by atoms with Gasteiger partial charge in [0.15, 0.2) is 0 Å². The highest BCUT2D eigenvalue weighted by molar-refractivity contribution is 6.31. The Bertz CT molecular complexity index is 822. The van der Waals surface area contributed by atoms with Crippen molar-refractivity contribution in [1.29, 1.82) is 0 Å². The molecule has 0 saturated heterocycles. The number of hydrogen-bond donors (Lipinski definition) is 2. The molecule has 25 heavy (non-hydrogen) atoms. The summed E-state index contributed by atoms with van der Waals surface area (Å²) in [4.78, 5) is 24.2. The summed E-state index contributed by atoms with van der Waals surface area (Å²) in [6.45, 7) is 3.64. The lowest BCUT2D eigenvalue weighted by atomic mass is 10.2. The van der Waals surface area contributed by atoms with Crippen molar-refractivity contribution >= 4 is 46.4 Å². The molecule has 0 radical (unpaired) electrons. The minimum Gasteiger partial charge on any atom is -0.495 e. The standard InChI is InChI=1S/C18H18Cl2N2O3/c1-10-7-15(16(25-3)8-13(10)20)22-18(24)9-17(23)21-14-5-4-12(19)6-11(14)2/h4-8H,9H2,1-3H3,(H,21,23)(H,22,24). The number of anilines is 2. The van der Waals surface area contributed by atoms with Crippen LogP contribution in [0.15, 0.2) is 30.3 Å². The van der Waals surface area contributed by atoms with Crippen LogP contribution < -0.4 is 15.4 Å². The molecule has 0 aromatic heterocycles. The summed E-state index contributed by atoms with van der Waals surface area (Å²) in [5.41, 5.74) is 2.68. The molecule has 5 nitrogen and oxygen atoms in total. The van der Waals surface area contributed by atoms with Crippen molar-refractivity contribution in [3.63, 3.8) is 0 Å². The SMILES string of the molecule is COc1cc(Cl)c(C)cc1NC(=O)CC(=O)Nc1ccc(Cl)cc1C. The fraction of sp³-hybridized carbons (Fsp3) is 0.222. The highest BCUT2D eigenvalue weighted by Crippen LogP contribution is 2.31. The first-order valence-electron chi connectivity index (χ1n) is 7.50. The van der Waals surface area contributed by atoms with Crippen molar-refractivity contribution in [1.82, 2.24) is 0 Å². The van der Waals surface area contributed by atoms with Gasteiger partial charge in [-0.25, -0.2) is 0 Å². The minimum absolute atomic E-state index is 0.326. The van der Waals surface area contributed by atoms with Crippen molar-refractivity contribution in [3.05, 3.63) is 51.5 Å². The molecule has 0 aliphatic carbocycles. The summed E-state index contributed by atoms with van der Waals surface area (Å²) in [6.07, 6.45) is -0.326. The molecule has 0 saturated carbocycles. The fourth-order valence-electron chi connectivity index (χ4n) is 2.23. The first kappa shape index (κ1) is 19.1. The Balaban J connectivity index is 2.02. The molecule has 2 rings (SSSR count). The van der Waals surface area contributed by atoms with Crippen LogP contribution in [0.4, 0.5) is 11.4 Å². The maximum atomic E-state index is 12.1. The van der Waals surface area contributed by atoms with Gasteiger partial charge in [0, 0.05) is 21.8 Å². The second-order valence-electron chi connectivity index (χ2n) is 5.53. The largest absolute Gasteiger partial charge is 0.495 e. The maximum Gasteiger partial charge on any atom is 0.233 e. The number of rotatable bonds is 5. The van der Waals surface area contributed by atoms with Crippen molar-refractivity contribution in [2.24, 2.45) is 0 Å². The van der Waals surface area contributed by atoms with Crippen molar-refractivity contribution in [2.45, 2.75) is 20.3 Å². The number of aryl methyl sites for hydroxylation is 2. The van der Waals surface area contributed by atoms with Crippen molar-refractivity contribution in [3.8, 4) is 5.75 Å². The van der Waals surface area contributed by atoms with E-state index in [4.69, 9.17) is 27.9 Å². The molecule has 0 spiro atoms. The Morgan fingerprint density at radius 3 is 2.20 bits per heavy atom. The predicted octanol–water partition coefficient (Wildman–Crippen LogP) is 4.59. The molecule has 0 atom stereocenters. The average Bonchev–Trinajstić information content (AvgIpc) is 2.53. The lowest BCUT2D eigenvalue weighted by Crippen LogP contribution is -2.22. The van der Waals surface area contributed by atoms with Crippen LogP contribution in [0.25, 0.3) is 0 Å². The predicted molar refractivity (Wildman–Crippen MR) is 101 cm³/mol. The van der Waals surface area contributed by atoms with Gasteiger partial charge in [0.2, 0.25) is 11.8 Å². The molecule has 2 amide bonds. The monoisotopic (exact) mass is 380 g/mol. The third-order valence-corrected chi connectivity index (χ3v) is 4.18. The van der Waals surface area contributed by atoms with Crippen LogP contribution >= 0.6 is 23.2 Å². The molecule has 0 fully saturated rings. The zero-order valence-electron chi connectivity index (χ0n) is 14.1. The van der Waals surface area contributed by atoms with E-state index in [1.54, 1.807) is 30.3 Å². The van der Waals surface area contributed by atoms with Gasteiger partial charge in [0.05, 0.1) is 12.8 Å². The van der Waals surface area contributed by atoms with E-state index in [-0.39, 0.29) is 6.42 Å². The molecule has 2 aromatic carbocycles. The Kier molecular flexibility index (Phi) is 6.28. The molecule has 2 aromatic rings. The lowest BCUT2D eigenvalue weighted by molar-refractivity contribution is -0.123. The van der Waals surface area contributed by atoms with Gasteiger partial charge in [0.1, 0.15) is 12.2 Å². The number of benzene rings is 2. The van der Waals surface area contributed by atoms with E-state index in [0.29, 0.717) is 27.2 Å². The first-order valence-corrected chi connectivity index (χ1v) is 8.25. The van der Waals surface area contributed by atoms with Gasteiger partial charge in [0.25, 0.3) is 0 Å². The van der Waals surface area contributed by atoms with Crippen LogP contribution in [-0.4, -0.2) is 18.9 Å². The van der Waals surface area contributed by atoms with E-state index in [2.05, 4.69) is 10.6 Å². The van der Waals surface area contributed by atoms with E-state index >= 15 is 0 Å². The van der Waals surface area contributed by atoms with E-state index in [1.165, 1.54) is 7.11 Å². The van der Waals surface area contributed by atoms with Crippen LogP contribution in [0.1, 0.15) is 17.5 Å². The Hall–Kier alpha value is -2.24. The number of ether oxygens (including phenoxy) is 1. The lowest BCUT2D eigenvalue weighted by Gasteiger charge is -2.13. The second kappa shape index (κ2) is 8.23. The van der Waals surface area contributed by atoms with Gasteiger partial charge in [-0.15, -0.1) is 0 Å². The van der Waals surface area contributed by atoms with Gasteiger partial charge in [-0.1, -0.05) is 23.2 Å². The van der Waals surface area contributed by atoms with E-state index in [1.807, 2.05) is 13.8 Å². The molecule has 0 bridgehead atoms. The normalized spacial score (nSPS) is 10.3. The van der Waals surface area contributed by atoms with Crippen LogP contribution in [0.2, 0.25) is 10.0 Å². The summed E-state index contributed by atoms with van der Waals surface area (Å²) in [5, 5.41) is 6.47. The summed E-state index contributed by atoms with van der Waals surface area (Å²) < 4.78 is 5.20. The second-order valence-corrected chi connectivity index (χ2v) is 6.38. The maximum absolute atomic E-state index is 12.1. The zero-order valence-corrected chi connectivity index (χ0v) is 15.6. The van der Waals surface area contributed by atoms with Gasteiger partial charge < -0.3 is 15.4 Å². The number of hydrogen-bond acceptors (Lipinski definition) is 3. The highest BCUT2D eigenvalue weighted by atomic mass is 35.5. The summed E-state index contributed by atoms with van der Waals surface area (Å²) in [5.74, 6) is -0.449. The van der Waals surface area contributed by atoms with Crippen LogP contribution in [0.5, 0.6) is 5.75 Å². The minimum atomic E-state index is -0.455. The molecule has 0 heterocycles. The Morgan fingerprint density at radius 1 is 0.960 bits per heavy atom. The third kappa shape index (κ3) is 5.11. The van der Waals surface area contributed by atoms with E-state index < -0.39 is 11.8 Å². The topological polar surface area (TPSA) is 67.4 Å². The summed E-state index contributed by atoms with van der Waals surface area (Å²) in [6, 6.07) is 8.41. The number of amides is 2. The number of methoxy groups -OCH3 is 1. The van der Waals surface area contributed by atoms with Crippen LogP contribution in [-0.2, 0) is 9.59 Å². The smallest absolute Gasteiger partial charge is 0.233 e. The van der Waals surface area contributed by atoms with E-state index in [9.17, 15) is 9.59 Å². The van der Waals surface area contributed by atoms with Crippen molar-refractivity contribution in [2.75, 3.05) is 17.7 Å². The molecular weight excluding hydrogens is 363 g/mol. The first-order chi connectivity index (χ1) is 11.8. The van der Waals surface area contributed by atoms with Gasteiger partial charge >= 0.3 is 0 Å². The van der Waals surface area contributed by atoms with Crippen LogP contribution in [0, 0.1) is 13.8 Å². The van der Waals surface area contributed by atoms with Gasteiger partial charge in [-0.3, -0.25) is 9.59 Å².